The summed E-state index contributed by atoms with van der Waals surface area (Å²) in [7, 11) is 0. The molecule has 10 heteroatoms. The number of aromatic hydroxyl groups is 1. The SMILES string of the molecule is O=C(Nc1ccc(Oc2cccc(C(F)(F)F)c2)cc1)c1cc([N+](=O)[O-])ccc1O. The van der Waals surface area contributed by atoms with E-state index in [4.69, 9.17) is 4.74 Å². The highest BCUT2D eigenvalue weighted by atomic mass is 19.4. The number of rotatable bonds is 5. The number of phenols is 1. The zero-order chi connectivity index (χ0) is 21.9. The van der Waals surface area contributed by atoms with Crippen molar-refractivity contribution in [1.29, 1.82) is 0 Å². The third kappa shape index (κ3) is 4.85. The number of anilines is 1. The molecular formula is C20H13F3N2O5. The van der Waals surface area contributed by atoms with Crippen LogP contribution in [0.4, 0.5) is 24.5 Å². The molecule has 3 aromatic rings. The zero-order valence-electron chi connectivity index (χ0n) is 15.0. The van der Waals surface area contributed by atoms with E-state index in [1.807, 2.05) is 0 Å². The van der Waals surface area contributed by atoms with Gasteiger partial charge in [0, 0.05) is 17.8 Å². The van der Waals surface area contributed by atoms with Crippen LogP contribution in [0.5, 0.6) is 17.2 Å². The average Bonchev–Trinajstić information content (AvgIpc) is 2.69. The fourth-order valence-electron chi connectivity index (χ4n) is 2.50. The van der Waals surface area contributed by atoms with Gasteiger partial charge < -0.3 is 15.2 Å². The number of benzene rings is 3. The van der Waals surface area contributed by atoms with Crippen LogP contribution in [0.2, 0.25) is 0 Å². The van der Waals surface area contributed by atoms with Crippen LogP contribution >= 0.6 is 0 Å². The monoisotopic (exact) mass is 418 g/mol. The summed E-state index contributed by atoms with van der Waals surface area (Å²) in [5, 5.41) is 23.1. The molecule has 0 spiro atoms. The van der Waals surface area contributed by atoms with Crippen LogP contribution in [-0.2, 0) is 6.18 Å². The van der Waals surface area contributed by atoms with Crippen molar-refractivity contribution < 1.29 is 32.7 Å². The highest BCUT2D eigenvalue weighted by Gasteiger charge is 2.30. The van der Waals surface area contributed by atoms with Gasteiger partial charge >= 0.3 is 6.18 Å². The second kappa shape index (κ2) is 8.11. The molecule has 0 aliphatic carbocycles. The van der Waals surface area contributed by atoms with E-state index in [2.05, 4.69) is 5.32 Å². The summed E-state index contributed by atoms with van der Waals surface area (Å²) in [6, 6.07) is 13.1. The number of amides is 1. The van der Waals surface area contributed by atoms with Crippen LogP contribution in [0, 0.1) is 10.1 Å². The van der Waals surface area contributed by atoms with E-state index in [0.29, 0.717) is 0 Å². The first-order valence-electron chi connectivity index (χ1n) is 8.37. The number of hydrogen-bond acceptors (Lipinski definition) is 5. The molecule has 0 aromatic heterocycles. The van der Waals surface area contributed by atoms with Crippen LogP contribution in [-0.4, -0.2) is 15.9 Å². The van der Waals surface area contributed by atoms with Gasteiger partial charge in [-0.05, 0) is 48.5 Å². The molecule has 0 heterocycles. The molecule has 7 nitrogen and oxygen atoms in total. The standard InChI is InChI=1S/C20H13F3N2O5/c21-20(22,23)12-2-1-3-16(10-12)30-15-7-4-13(5-8-15)24-19(27)17-11-14(25(28)29)6-9-18(17)26/h1-11,26H,(H,24,27). The van der Waals surface area contributed by atoms with E-state index < -0.39 is 28.3 Å². The van der Waals surface area contributed by atoms with Gasteiger partial charge in [0.25, 0.3) is 11.6 Å². The molecule has 3 rings (SSSR count). The molecule has 30 heavy (non-hydrogen) atoms. The second-order valence-electron chi connectivity index (χ2n) is 6.06. The lowest BCUT2D eigenvalue weighted by molar-refractivity contribution is -0.384. The van der Waals surface area contributed by atoms with Gasteiger partial charge in [-0.3, -0.25) is 14.9 Å². The number of alkyl halides is 3. The Morgan fingerprint density at radius 2 is 1.70 bits per heavy atom. The van der Waals surface area contributed by atoms with Crippen molar-refractivity contribution >= 4 is 17.3 Å². The Balaban J connectivity index is 1.72. The van der Waals surface area contributed by atoms with Crippen molar-refractivity contribution in [3.05, 3.63) is 88.0 Å². The van der Waals surface area contributed by atoms with Gasteiger partial charge in [0.15, 0.2) is 0 Å². The highest BCUT2D eigenvalue weighted by Crippen LogP contribution is 2.33. The fraction of sp³-hybridized carbons (Fsp3) is 0.0500. The molecule has 0 aliphatic heterocycles. The molecule has 2 N–H and O–H groups in total. The number of non-ortho nitro benzene ring substituents is 1. The van der Waals surface area contributed by atoms with Crippen molar-refractivity contribution in [3.8, 4) is 17.2 Å². The lowest BCUT2D eigenvalue weighted by atomic mass is 10.1. The Hall–Kier alpha value is -4.08. The maximum Gasteiger partial charge on any atom is 0.416 e. The Morgan fingerprint density at radius 3 is 2.33 bits per heavy atom. The lowest BCUT2D eigenvalue weighted by Crippen LogP contribution is -2.12. The molecule has 0 atom stereocenters. The summed E-state index contributed by atoms with van der Waals surface area (Å²) < 4.78 is 43.7. The first-order chi connectivity index (χ1) is 14.1. The van der Waals surface area contributed by atoms with Crippen LogP contribution in [0.3, 0.4) is 0 Å². The maximum absolute atomic E-state index is 12.8. The minimum absolute atomic E-state index is 0.0110. The van der Waals surface area contributed by atoms with Crippen LogP contribution in [0.15, 0.2) is 66.7 Å². The molecule has 0 saturated carbocycles. The molecule has 154 valence electrons. The molecule has 0 fully saturated rings. The summed E-state index contributed by atoms with van der Waals surface area (Å²) in [5.41, 5.74) is -1.21. The van der Waals surface area contributed by atoms with Crippen molar-refractivity contribution in [2.24, 2.45) is 0 Å². The summed E-state index contributed by atoms with van der Waals surface area (Å²) in [4.78, 5) is 22.4. The van der Waals surface area contributed by atoms with E-state index in [-0.39, 0.29) is 28.4 Å². The van der Waals surface area contributed by atoms with E-state index in [9.17, 15) is 33.2 Å². The molecular weight excluding hydrogens is 405 g/mol. The largest absolute Gasteiger partial charge is 0.507 e. The van der Waals surface area contributed by atoms with Crippen molar-refractivity contribution in [2.75, 3.05) is 5.32 Å². The summed E-state index contributed by atoms with van der Waals surface area (Å²) >= 11 is 0. The molecule has 0 saturated heterocycles. The van der Waals surface area contributed by atoms with E-state index in [1.54, 1.807) is 0 Å². The van der Waals surface area contributed by atoms with Gasteiger partial charge in [-0.25, -0.2) is 0 Å². The van der Waals surface area contributed by atoms with E-state index in [0.717, 1.165) is 30.3 Å². The molecule has 0 aliphatic rings. The zero-order valence-corrected chi connectivity index (χ0v) is 15.0. The molecule has 0 radical (unpaired) electrons. The van der Waals surface area contributed by atoms with Gasteiger partial charge in [-0.2, -0.15) is 13.2 Å². The Bertz CT molecular complexity index is 1100. The van der Waals surface area contributed by atoms with Gasteiger partial charge in [0.1, 0.15) is 17.2 Å². The number of carbonyl (C=O) groups is 1. The van der Waals surface area contributed by atoms with Gasteiger partial charge in [0.2, 0.25) is 0 Å². The predicted octanol–water partition coefficient (Wildman–Crippen LogP) is 5.36. The number of nitrogens with zero attached hydrogens (tertiary/aromatic N) is 1. The molecule has 1 amide bonds. The maximum atomic E-state index is 12.8. The number of phenolic OH excluding ortho intramolecular Hbond substituents is 1. The normalized spacial score (nSPS) is 11.0. The van der Waals surface area contributed by atoms with Gasteiger partial charge in [0.05, 0.1) is 16.1 Å². The number of nitro benzene ring substituents is 1. The fourth-order valence-corrected chi connectivity index (χ4v) is 2.50. The van der Waals surface area contributed by atoms with Crippen LogP contribution < -0.4 is 10.1 Å². The number of ether oxygens (including phenoxy) is 1. The Morgan fingerprint density at radius 1 is 1.00 bits per heavy atom. The summed E-state index contributed by atoms with van der Waals surface area (Å²) in [6.07, 6.45) is -4.49. The van der Waals surface area contributed by atoms with Crippen molar-refractivity contribution in [2.45, 2.75) is 6.18 Å². The predicted molar refractivity (Wildman–Crippen MR) is 101 cm³/mol. The van der Waals surface area contributed by atoms with Gasteiger partial charge in [-0.15, -0.1) is 0 Å². The number of nitro groups is 1. The first kappa shape index (κ1) is 20.6. The minimum Gasteiger partial charge on any atom is -0.507 e. The van der Waals surface area contributed by atoms with E-state index in [1.165, 1.54) is 36.4 Å². The lowest BCUT2D eigenvalue weighted by Gasteiger charge is -2.11. The highest BCUT2D eigenvalue weighted by molar-refractivity contribution is 6.06. The molecule has 3 aromatic carbocycles. The van der Waals surface area contributed by atoms with E-state index >= 15 is 0 Å². The minimum atomic E-state index is -4.49. The smallest absolute Gasteiger partial charge is 0.416 e. The van der Waals surface area contributed by atoms with Crippen molar-refractivity contribution in [3.63, 3.8) is 0 Å². The number of hydrogen-bond donors (Lipinski definition) is 2. The third-order valence-electron chi connectivity index (χ3n) is 3.94. The van der Waals surface area contributed by atoms with Crippen LogP contribution in [0.1, 0.15) is 15.9 Å². The second-order valence-corrected chi connectivity index (χ2v) is 6.06. The van der Waals surface area contributed by atoms with Crippen LogP contribution in [0.25, 0.3) is 0 Å². The van der Waals surface area contributed by atoms with Crippen molar-refractivity contribution in [1.82, 2.24) is 0 Å². The molecule has 0 unspecified atom stereocenters. The average molecular weight is 418 g/mol. The van der Waals surface area contributed by atoms with Gasteiger partial charge in [-0.1, -0.05) is 6.07 Å². The summed E-state index contributed by atoms with van der Waals surface area (Å²) in [5.74, 6) is -0.987. The Kier molecular flexibility index (Phi) is 5.58. The first-order valence-corrected chi connectivity index (χ1v) is 8.37. The number of halogens is 3. The number of nitrogens with one attached hydrogen (secondary N) is 1. The summed E-state index contributed by atoms with van der Waals surface area (Å²) in [6.45, 7) is 0. The Labute approximate surface area is 167 Å². The number of carbonyl (C=O) groups excluding carboxylic acids is 1. The molecule has 0 bridgehead atoms. The quantitative estimate of drug-likeness (QED) is 0.429. The topological polar surface area (TPSA) is 102 Å². The third-order valence-corrected chi connectivity index (χ3v) is 3.94.